The number of hydrogen-bond acceptors (Lipinski definition) is 3. The molecule has 0 saturated carbocycles. The highest BCUT2D eigenvalue weighted by Gasteiger charge is 2.09. The van der Waals surface area contributed by atoms with E-state index in [2.05, 4.69) is 22.4 Å². The van der Waals surface area contributed by atoms with Crippen molar-refractivity contribution >= 4 is 24.0 Å². The van der Waals surface area contributed by atoms with Gasteiger partial charge in [-0.2, -0.15) is 0 Å². The van der Waals surface area contributed by atoms with E-state index in [-0.39, 0.29) is 18.2 Å². The van der Waals surface area contributed by atoms with E-state index in [1.54, 1.807) is 0 Å². The number of halogens is 1. The second-order valence-corrected chi connectivity index (χ2v) is 5.86. The van der Waals surface area contributed by atoms with Crippen LogP contribution in [0.5, 0.6) is 0 Å². The largest absolute Gasteiger partial charge is 0.366 e. The standard InChI is InChI=1S/C20H22N2O.ClH/c23-19(15-22-20-9-5-2-6-14-21-20)18-12-10-17(11-13-18)16-7-3-1-4-8-16;/h1,3-4,7-8,10-13H,2,5-6,9,14-15H2,(H,21,22);1H. The van der Waals surface area contributed by atoms with Gasteiger partial charge in [-0.1, -0.05) is 61.0 Å². The number of hydrogen-bond donors (Lipinski definition) is 1. The Labute approximate surface area is 149 Å². The SMILES string of the molecule is Cl.O=C(CNC1=NCCCCC1)c1ccc(-c2ccccc2)cc1. The molecule has 0 spiro atoms. The van der Waals surface area contributed by atoms with Crippen LogP contribution in [0.4, 0.5) is 0 Å². The van der Waals surface area contributed by atoms with Crippen molar-refractivity contribution in [3.8, 4) is 11.1 Å². The normalized spacial score (nSPS) is 14.1. The van der Waals surface area contributed by atoms with Gasteiger partial charge in [0.1, 0.15) is 0 Å². The molecule has 0 bridgehead atoms. The minimum absolute atomic E-state index is 0. The van der Waals surface area contributed by atoms with Crippen LogP contribution in [0.15, 0.2) is 59.6 Å². The molecule has 0 aromatic heterocycles. The van der Waals surface area contributed by atoms with Gasteiger partial charge in [-0.15, -0.1) is 12.4 Å². The van der Waals surface area contributed by atoms with Crippen molar-refractivity contribution in [1.82, 2.24) is 5.32 Å². The van der Waals surface area contributed by atoms with Crippen LogP contribution in [0, 0.1) is 0 Å². The maximum atomic E-state index is 12.3. The molecular formula is C20H23ClN2O. The molecule has 3 rings (SSSR count). The van der Waals surface area contributed by atoms with Crippen LogP contribution in [0.3, 0.4) is 0 Å². The predicted octanol–water partition coefficient (Wildman–Crippen LogP) is 4.52. The zero-order valence-corrected chi connectivity index (χ0v) is 14.5. The topological polar surface area (TPSA) is 41.5 Å². The quantitative estimate of drug-likeness (QED) is 0.830. The molecule has 2 aromatic carbocycles. The number of aliphatic imine (C=N–C) groups is 1. The molecule has 24 heavy (non-hydrogen) atoms. The van der Waals surface area contributed by atoms with Crippen molar-refractivity contribution in [2.45, 2.75) is 25.7 Å². The molecular weight excluding hydrogens is 320 g/mol. The minimum atomic E-state index is 0. The number of benzene rings is 2. The van der Waals surface area contributed by atoms with E-state index >= 15 is 0 Å². The molecule has 4 heteroatoms. The number of Topliss-reactive ketones (excluding diaryl/α,β-unsaturated/α-hetero) is 1. The van der Waals surface area contributed by atoms with Gasteiger partial charge >= 0.3 is 0 Å². The van der Waals surface area contributed by atoms with Crippen molar-refractivity contribution in [1.29, 1.82) is 0 Å². The maximum Gasteiger partial charge on any atom is 0.181 e. The summed E-state index contributed by atoms with van der Waals surface area (Å²) < 4.78 is 0. The Morgan fingerprint density at radius 2 is 1.62 bits per heavy atom. The van der Waals surface area contributed by atoms with Gasteiger partial charge in [-0.05, 0) is 24.0 Å². The zero-order chi connectivity index (χ0) is 15.9. The summed E-state index contributed by atoms with van der Waals surface area (Å²) in [6, 6.07) is 18.0. The third-order valence-corrected chi connectivity index (χ3v) is 4.14. The van der Waals surface area contributed by atoms with Gasteiger partial charge in [0.15, 0.2) is 5.78 Å². The van der Waals surface area contributed by atoms with Crippen LogP contribution in [0.1, 0.15) is 36.0 Å². The zero-order valence-electron chi connectivity index (χ0n) is 13.7. The Morgan fingerprint density at radius 1 is 0.917 bits per heavy atom. The number of nitrogens with zero attached hydrogens (tertiary/aromatic N) is 1. The van der Waals surface area contributed by atoms with Crippen LogP contribution < -0.4 is 5.32 Å². The molecule has 0 radical (unpaired) electrons. The summed E-state index contributed by atoms with van der Waals surface area (Å²) in [5, 5.41) is 3.21. The lowest BCUT2D eigenvalue weighted by Gasteiger charge is -2.08. The fraction of sp³-hybridized carbons (Fsp3) is 0.300. The van der Waals surface area contributed by atoms with Crippen molar-refractivity contribution in [3.63, 3.8) is 0 Å². The number of ketones is 1. The van der Waals surface area contributed by atoms with Crippen LogP contribution in [0.25, 0.3) is 11.1 Å². The summed E-state index contributed by atoms with van der Waals surface area (Å²) in [5.74, 6) is 1.09. The maximum absolute atomic E-state index is 12.3. The summed E-state index contributed by atoms with van der Waals surface area (Å²) in [5.41, 5.74) is 3.03. The highest BCUT2D eigenvalue weighted by Crippen LogP contribution is 2.19. The van der Waals surface area contributed by atoms with Gasteiger partial charge in [-0.3, -0.25) is 9.79 Å². The number of amidine groups is 1. The monoisotopic (exact) mass is 342 g/mol. The molecule has 0 saturated heterocycles. The van der Waals surface area contributed by atoms with Crippen LogP contribution in [0.2, 0.25) is 0 Å². The van der Waals surface area contributed by atoms with E-state index in [1.165, 1.54) is 6.42 Å². The Balaban J connectivity index is 0.00000208. The summed E-state index contributed by atoms with van der Waals surface area (Å²) in [7, 11) is 0. The van der Waals surface area contributed by atoms with E-state index in [1.807, 2.05) is 42.5 Å². The number of carbonyl (C=O) groups is 1. The molecule has 0 atom stereocenters. The highest BCUT2D eigenvalue weighted by atomic mass is 35.5. The lowest BCUT2D eigenvalue weighted by Crippen LogP contribution is -2.29. The second-order valence-electron chi connectivity index (χ2n) is 5.86. The predicted molar refractivity (Wildman–Crippen MR) is 102 cm³/mol. The van der Waals surface area contributed by atoms with E-state index in [9.17, 15) is 4.79 Å². The van der Waals surface area contributed by atoms with Gasteiger partial charge in [0.05, 0.1) is 12.4 Å². The molecule has 0 fully saturated rings. The summed E-state index contributed by atoms with van der Waals surface area (Å²) in [6.45, 7) is 1.20. The number of nitrogens with one attached hydrogen (secondary N) is 1. The van der Waals surface area contributed by atoms with E-state index in [0.29, 0.717) is 6.54 Å². The van der Waals surface area contributed by atoms with Crippen molar-refractivity contribution < 1.29 is 4.79 Å². The van der Waals surface area contributed by atoms with Crippen molar-refractivity contribution in [2.24, 2.45) is 4.99 Å². The van der Waals surface area contributed by atoms with E-state index < -0.39 is 0 Å². The van der Waals surface area contributed by atoms with Crippen LogP contribution in [-0.4, -0.2) is 24.7 Å². The van der Waals surface area contributed by atoms with E-state index in [0.717, 1.165) is 48.3 Å². The first-order chi connectivity index (χ1) is 11.3. The molecule has 1 aliphatic rings. The molecule has 0 aliphatic carbocycles. The minimum Gasteiger partial charge on any atom is -0.366 e. The number of rotatable bonds is 4. The Hall–Kier alpha value is -2.13. The smallest absolute Gasteiger partial charge is 0.181 e. The molecule has 0 amide bonds. The van der Waals surface area contributed by atoms with Gasteiger partial charge in [0, 0.05) is 18.5 Å². The molecule has 2 aromatic rings. The van der Waals surface area contributed by atoms with Crippen LogP contribution >= 0.6 is 12.4 Å². The first-order valence-electron chi connectivity index (χ1n) is 8.29. The van der Waals surface area contributed by atoms with Gasteiger partial charge in [0.25, 0.3) is 0 Å². The lowest BCUT2D eigenvalue weighted by atomic mass is 10.0. The summed E-state index contributed by atoms with van der Waals surface area (Å²) in [4.78, 5) is 16.8. The Kier molecular flexibility index (Phi) is 7.01. The molecule has 1 aliphatic heterocycles. The van der Waals surface area contributed by atoms with E-state index in [4.69, 9.17) is 0 Å². The molecule has 3 nitrogen and oxygen atoms in total. The third kappa shape index (κ3) is 4.93. The van der Waals surface area contributed by atoms with Gasteiger partial charge < -0.3 is 5.32 Å². The molecule has 0 unspecified atom stereocenters. The van der Waals surface area contributed by atoms with Crippen molar-refractivity contribution in [2.75, 3.05) is 13.1 Å². The second kappa shape index (κ2) is 9.24. The molecule has 1 heterocycles. The molecule has 126 valence electrons. The Bertz CT molecular complexity index is 681. The average Bonchev–Trinajstić information content (AvgIpc) is 2.89. The van der Waals surface area contributed by atoms with Gasteiger partial charge in [-0.25, -0.2) is 0 Å². The fourth-order valence-electron chi connectivity index (χ4n) is 2.78. The van der Waals surface area contributed by atoms with Gasteiger partial charge in [0.2, 0.25) is 0 Å². The first-order valence-corrected chi connectivity index (χ1v) is 8.29. The summed E-state index contributed by atoms with van der Waals surface area (Å²) in [6.07, 6.45) is 4.50. The highest BCUT2D eigenvalue weighted by molar-refractivity contribution is 6.00. The number of carbonyl (C=O) groups excluding carboxylic acids is 1. The van der Waals surface area contributed by atoms with Crippen LogP contribution in [-0.2, 0) is 0 Å². The molecule has 1 N–H and O–H groups in total. The Morgan fingerprint density at radius 3 is 2.38 bits per heavy atom. The fourth-order valence-corrected chi connectivity index (χ4v) is 2.78. The summed E-state index contributed by atoms with van der Waals surface area (Å²) >= 11 is 0. The lowest BCUT2D eigenvalue weighted by molar-refractivity contribution is 0.0996. The third-order valence-electron chi connectivity index (χ3n) is 4.14. The van der Waals surface area contributed by atoms with Crippen molar-refractivity contribution in [3.05, 3.63) is 60.2 Å². The first kappa shape index (κ1) is 18.2. The average molecular weight is 343 g/mol.